The number of aryl methyl sites for hydroxylation is 1. The Morgan fingerprint density at radius 3 is 3.08 bits per heavy atom. The topological polar surface area (TPSA) is 12.0 Å². The molecule has 0 spiro atoms. The molecule has 0 unspecified atom stereocenters. The molecule has 1 aliphatic rings. The van der Waals surface area contributed by atoms with Crippen LogP contribution in [0.3, 0.4) is 0 Å². The van der Waals surface area contributed by atoms with E-state index in [1.54, 1.807) is 5.56 Å². The minimum Gasteiger partial charge on any atom is -0.316 e. The van der Waals surface area contributed by atoms with Gasteiger partial charge in [0, 0.05) is 6.54 Å². The Kier molecular flexibility index (Phi) is 2.36. The summed E-state index contributed by atoms with van der Waals surface area (Å²) < 4.78 is 0. The largest absolute Gasteiger partial charge is 0.316 e. The summed E-state index contributed by atoms with van der Waals surface area (Å²) in [6, 6.07) is 6.85. The lowest BCUT2D eigenvalue weighted by Crippen LogP contribution is -2.18. The Labute approximate surface area is 80.2 Å². The third kappa shape index (κ3) is 1.75. The highest BCUT2D eigenvalue weighted by Gasteiger charge is 2.13. The van der Waals surface area contributed by atoms with Crippen molar-refractivity contribution in [1.82, 2.24) is 5.32 Å². The molecule has 0 bridgehead atoms. The van der Waals surface area contributed by atoms with Crippen molar-refractivity contribution < 1.29 is 0 Å². The predicted octanol–water partition coefficient (Wildman–Crippen LogP) is 2.24. The molecule has 0 aromatic heterocycles. The van der Waals surface area contributed by atoms with Crippen LogP contribution in [0.1, 0.15) is 29.5 Å². The number of hydrogen-bond acceptors (Lipinski definition) is 1. The number of nitrogens with one attached hydrogen (secondary N) is 1. The van der Waals surface area contributed by atoms with E-state index in [4.69, 9.17) is 0 Å². The van der Waals surface area contributed by atoms with Crippen molar-refractivity contribution in [2.75, 3.05) is 13.1 Å². The van der Waals surface area contributed by atoms with E-state index in [9.17, 15) is 0 Å². The molecular formula is C12H17N. The van der Waals surface area contributed by atoms with Gasteiger partial charge in [0.1, 0.15) is 0 Å². The fraction of sp³-hybridized carbons (Fsp3) is 0.500. The van der Waals surface area contributed by atoms with Crippen LogP contribution in [0.5, 0.6) is 0 Å². The summed E-state index contributed by atoms with van der Waals surface area (Å²) in [4.78, 5) is 0. The molecule has 0 fully saturated rings. The Morgan fingerprint density at radius 1 is 1.38 bits per heavy atom. The van der Waals surface area contributed by atoms with Crippen molar-refractivity contribution in [3.05, 3.63) is 34.9 Å². The molecule has 1 atom stereocenters. The normalized spacial score (nSPS) is 22.2. The Morgan fingerprint density at radius 2 is 2.23 bits per heavy atom. The van der Waals surface area contributed by atoms with Crippen molar-refractivity contribution in [2.24, 2.45) is 0 Å². The van der Waals surface area contributed by atoms with Crippen molar-refractivity contribution in [2.45, 2.75) is 26.2 Å². The summed E-state index contributed by atoms with van der Waals surface area (Å²) in [6.07, 6.45) is 1.18. The molecule has 0 radical (unpaired) electrons. The summed E-state index contributed by atoms with van der Waals surface area (Å²) in [5, 5.41) is 3.46. The molecule has 1 aromatic carbocycles. The maximum atomic E-state index is 3.46. The summed E-state index contributed by atoms with van der Waals surface area (Å²) in [5.74, 6) is 0.664. The first kappa shape index (κ1) is 8.76. The summed E-state index contributed by atoms with van der Waals surface area (Å²) in [7, 11) is 0. The van der Waals surface area contributed by atoms with Gasteiger partial charge in [-0.2, -0.15) is 0 Å². The van der Waals surface area contributed by atoms with Gasteiger partial charge in [0.05, 0.1) is 0 Å². The van der Waals surface area contributed by atoms with E-state index < -0.39 is 0 Å². The van der Waals surface area contributed by atoms with E-state index in [1.165, 1.54) is 17.5 Å². The first-order valence-electron chi connectivity index (χ1n) is 5.07. The average Bonchev–Trinajstić information content (AvgIpc) is 2.29. The van der Waals surface area contributed by atoms with Crippen LogP contribution in [0.25, 0.3) is 0 Å². The number of benzene rings is 1. The Bertz CT molecular complexity index is 304. The maximum Gasteiger partial charge on any atom is 0.00177 e. The second-order valence-electron chi connectivity index (χ2n) is 4.06. The fourth-order valence-electron chi connectivity index (χ4n) is 2.05. The van der Waals surface area contributed by atoms with Crippen LogP contribution in [-0.2, 0) is 6.42 Å². The lowest BCUT2D eigenvalue weighted by atomic mass is 9.94. The van der Waals surface area contributed by atoms with Gasteiger partial charge in [-0.3, -0.25) is 0 Å². The quantitative estimate of drug-likeness (QED) is 0.637. The highest BCUT2D eigenvalue weighted by atomic mass is 14.9. The summed E-state index contributed by atoms with van der Waals surface area (Å²) in [6.45, 7) is 6.72. The highest BCUT2D eigenvalue weighted by molar-refractivity contribution is 5.35. The fourth-order valence-corrected chi connectivity index (χ4v) is 2.05. The molecule has 1 N–H and O–H groups in total. The standard InChI is InChI=1S/C12H17N/c1-9-3-4-11-5-6-13-8-10(2)12(11)7-9/h3-4,7,10,13H,5-6,8H2,1-2H3/t10-/m0/s1. The zero-order valence-electron chi connectivity index (χ0n) is 8.43. The number of rotatable bonds is 0. The molecular weight excluding hydrogens is 158 g/mol. The van der Waals surface area contributed by atoms with Crippen LogP contribution >= 0.6 is 0 Å². The van der Waals surface area contributed by atoms with Crippen molar-refractivity contribution in [1.29, 1.82) is 0 Å². The summed E-state index contributed by atoms with van der Waals surface area (Å²) >= 11 is 0. The van der Waals surface area contributed by atoms with Gasteiger partial charge >= 0.3 is 0 Å². The molecule has 1 heteroatoms. The molecule has 2 rings (SSSR count). The van der Waals surface area contributed by atoms with Gasteiger partial charge < -0.3 is 5.32 Å². The van der Waals surface area contributed by atoms with E-state index in [0.29, 0.717) is 5.92 Å². The van der Waals surface area contributed by atoms with Gasteiger partial charge in [0.15, 0.2) is 0 Å². The molecule has 13 heavy (non-hydrogen) atoms. The van der Waals surface area contributed by atoms with E-state index in [-0.39, 0.29) is 0 Å². The Balaban J connectivity index is 2.43. The molecule has 1 aromatic rings. The second kappa shape index (κ2) is 3.51. The molecule has 0 saturated carbocycles. The highest BCUT2D eigenvalue weighted by Crippen LogP contribution is 2.23. The third-order valence-corrected chi connectivity index (χ3v) is 2.85. The monoisotopic (exact) mass is 175 g/mol. The van der Waals surface area contributed by atoms with E-state index >= 15 is 0 Å². The smallest absolute Gasteiger partial charge is 0.00177 e. The SMILES string of the molecule is Cc1ccc2c(c1)[C@@H](C)CNCC2. The van der Waals surface area contributed by atoms with Crippen LogP contribution in [-0.4, -0.2) is 13.1 Å². The van der Waals surface area contributed by atoms with E-state index in [1.807, 2.05) is 0 Å². The molecule has 0 aliphatic carbocycles. The zero-order chi connectivity index (χ0) is 9.26. The third-order valence-electron chi connectivity index (χ3n) is 2.85. The second-order valence-corrected chi connectivity index (χ2v) is 4.06. The van der Waals surface area contributed by atoms with Crippen LogP contribution in [0, 0.1) is 6.92 Å². The molecule has 1 nitrogen and oxygen atoms in total. The van der Waals surface area contributed by atoms with Crippen molar-refractivity contribution in [3.63, 3.8) is 0 Å². The average molecular weight is 175 g/mol. The van der Waals surface area contributed by atoms with Gasteiger partial charge in [0.2, 0.25) is 0 Å². The Hall–Kier alpha value is -0.820. The molecule has 0 saturated heterocycles. The van der Waals surface area contributed by atoms with Gasteiger partial charge in [-0.15, -0.1) is 0 Å². The van der Waals surface area contributed by atoms with Crippen LogP contribution in [0.15, 0.2) is 18.2 Å². The van der Waals surface area contributed by atoms with Gasteiger partial charge in [-0.1, -0.05) is 30.7 Å². The van der Waals surface area contributed by atoms with Crippen LogP contribution < -0.4 is 5.32 Å². The van der Waals surface area contributed by atoms with Crippen molar-refractivity contribution in [3.8, 4) is 0 Å². The zero-order valence-corrected chi connectivity index (χ0v) is 8.43. The first-order chi connectivity index (χ1) is 6.27. The molecule has 70 valence electrons. The van der Waals surface area contributed by atoms with Gasteiger partial charge in [-0.05, 0) is 36.9 Å². The van der Waals surface area contributed by atoms with Crippen molar-refractivity contribution >= 4 is 0 Å². The minimum absolute atomic E-state index is 0.664. The van der Waals surface area contributed by atoms with Crippen LogP contribution in [0.4, 0.5) is 0 Å². The minimum atomic E-state index is 0.664. The van der Waals surface area contributed by atoms with E-state index in [2.05, 4.69) is 37.4 Å². The van der Waals surface area contributed by atoms with E-state index in [0.717, 1.165) is 13.1 Å². The molecule has 1 heterocycles. The van der Waals surface area contributed by atoms with Gasteiger partial charge in [0.25, 0.3) is 0 Å². The molecule has 1 aliphatic heterocycles. The first-order valence-corrected chi connectivity index (χ1v) is 5.07. The van der Waals surface area contributed by atoms with Gasteiger partial charge in [-0.25, -0.2) is 0 Å². The maximum absolute atomic E-state index is 3.46. The number of fused-ring (bicyclic) bond motifs is 1. The predicted molar refractivity (Wildman–Crippen MR) is 56.2 cm³/mol. The molecule has 0 amide bonds. The summed E-state index contributed by atoms with van der Waals surface area (Å²) in [5.41, 5.74) is 4.46. The number of hydrogen-bond donors (Lipinski definition) is 1. The van der Waals surface area contributed by atoms with Crippen LogP contribution in [0.2, 0.25) is 0 Å². The lowest BCUT2D eigenvalue weighted by Gasteiger charge is -2.12. The lowest BCUT2D eigenvalue weighted by molar-refractivity contribution is 0.644.